The van der Waals surface area contributed by atoms with Gasteiger partial charge in [0, 0.05) is 29.8 Å². The second-order valence-corrected chi connectivity index (χ2v) is 9.20. The van der Waals surface area contributed by atoms with Crippen LogP contribution in [0, 0.1) is 0 Å². The molecule has 0 aromatic carbocycles. The molecule has 0 aliphatic heterocycles. The smallest absolute Gasteiger partial charge is 0.230 e. The second-order valence-electron chi connectivity index (χ2n) is 5.24. The third-order valence-corrected chi connectivity index (χ3v) is 6.43. The Hall–Kier alpha value is -0.570. The molecule has 0 saturated heterocycles. The Balaban J connectivity index is 2.16. The van der Waals surface area contributed by atoms with Crippen LogP contribution in [0.5, 0.6) is 0 Å². The first-order chi connectivity index (χ1) is 10.3. The van der Waals surface area contributed by atoms with Gasteiger partial charge in [-0.15, -0.1) is 23.1 Å². The van der Waals surface area contributed by atoms with Crippen molar-refractivity contribution < 1.29 is 13.2 Å². The van der Waals surface area contributed by atoms with E-state index in [9.17, 15) is 13.2 Å². The normalized spacial score (nSPS) is 12.0. The van der Waals surface area contributed by atoms with Crippen LogP contribution in [0.2, 0.25) is 0 Å². The molecule has 1 heterocycles. The Kier molecular flexibility index (Phi) is 8.45. The molecule has 0 fully saturated rings. The van der Waals surface area contributed by atoms with Crippen LogP contribution >= 0.6 is 23.1 Å². The molecule has 0 saturated carbocycles. The van der Waals surface area contributed by atoms with Crippen LogP contribution in [0.3, 0.4) is 0 Å². The summed E-state index contributed by atoms with van der Waals surface area (Å²) in [5.41, 5.74) is 0. The molecule has 22 heavy (non-hydrogen) atoms. The highest BCUT2D eigenvalue weighted by molar-refractivity contribution is 7.99. The number of sulfonamides is 1. The Morgan fingerprint density at radius 1 is 1.45 bits per heavy atom. The van der Waals surface area contributed by atoms with Crippen molar-refractivity contribution >= 4 is 39.0 Å². The Morgan fingerprint density at radius 3 is 2.73 bits per heavy atom. The van der Waals surface area contributed by atoms with Crippen molar-refractivity contribution in [2.24, 2.45) is 0 Å². The molecule has 0 unspecified atom stereocenters. The Morgan fingerprint density at radius 2 is 2.18 bits per heavy atom. The maximum atomic E-state index is 11.7. The molecule has 0 aliphatic rings. The monoisotopic (exact) mass is 364 g/mol. The molecule has 0 radical (unpaired) electrons. The standard InChI is InChI=1S/C14H24N2O3S3/c1-12(2)16(22(3,18)19)8-5-7-15-14(17)11-20-10-13-6-4-9-21-13/h4,6,9,12H,5,7-8,10-11H2,1-3H3,(H,15,17). The van der Waals surface area contributed by atoms with E-state index in [0.717, 1.165) is 5.75 Å². The summed E-state index contributed by atoms with van der Waals surface area (Å²) in [4.78, 5) is 12.9. The summed E-state index contributed by atoms with van der Waals surface area (Å²) in [5, 5.41) is 4.86. The van der Waals surface area contributed by atoms with E-state index in [2.05, 4.69) is 11.4 Å². The van der Waals surface area contributed by atoms with Gasteiger partial charge in [0.05, 0.1) is 12.0 Å². The highest BCUT2D eigenvalue weighted by Crippen LogP contribution is 2.16. The lowest BCUT2D eigenvalue weighted by Gasteiger charge is -2.23. The van der Waals surface area contributed by atoms with Gasteiger partial charge in [0.1, 0.15) is 0 Å². The van der Waals surface area contributed by atoms with E-state index < -0.39 is 10.0 Å². The van der Waals surface area contributed by atoms with Gasteiger partial charge in [-0.25, -0.2) is 8.42 Å². The zero-order valence-electron chi connectivity index (χ0n) is 13.2. The summed E-state index contributed by atoms with van der Waals surface area (Å²) in [6.07, 6.45) is 1.83. The SMILES string of the molecule is CC(C)N(CCCNC(=O)CSCc1cccs1)S(C)(=O)=O. The average molecular weight is 365 g/mol. The lowest BCUT2D eigenvalue weighted by Crippen LogP contribution is -2.38. The number of nitrogens with one attached hydrogen (secondary N) is 1. The number of thioether (sulfide) groups is 1. The maximum Gasteiger partial charge on any atom is 0.230 e. The number of hydrogen-bond acceptors (Lipinski definition) is 5. The molecule has 0 atom stereocenters. The van der Waals surface area contributed by atoms with E-state index in [0.29, 0.717) is 25.3 Å². The topological polar surface area (TPSA) is 66.5 Å². The van der Waals surface area contributed by atoms with Crippen molar-refractivity contribution in [1.29, 1.82) is 0 Å². The number of carbonyl (C=O) groups is 1. The molecule has 5 nitrogen and oxygen atoms in total. The lowest BCUT2D eigenvalue weighted by molar-refractivity contribution is -0.118. The number of hydrogen-bond donors (Lipinski definition) is 1. The first-order valence-corrected chi connectivity index (χ1v) is 11.0. The molecule has 0 bridgehead atoms. The van der Waals surface area contributed by atoms with Crippen LogP contribution in [0.25, 0.3) is 0 Å². The average Bonchev–Trinajstić information content (AvgIpc) is 2.89. The van der Waals surface area contributed by atoms with Crippen LogP contribution in [0.1, 0.15) is 25.1 Å². The minimum atomic E-state index is -3.19. The van der Waals surface area contributed by atoms with Crippen LogP contribution in [0.4, 0.5) is 0 Å². The number of nitrogens with zero attached hydrogens (tertiary/aromatic N) is 1. The fourth-order valence-corrected chi connectivity index (χ4v) is 4.88. The molecule has 1 N–H and O–H groups in total. The molecular weight excluding hydrogens is 340 g/mol. The molecule has 1 amide bonds. The minimum Gasteiger partial charge on any atom is -0.355 e. The summed E-state index contributed by atoms with van der Waals surface area (Å²) < 4.78 is 24.6. The predicted molar refractivity (Wildman–Crippen MR) is 94.8 cm³/mol. The van der Waals surface area contributed by atoms with Crippen molar-refractivity contribution in [3.63, 3.8) is 0 Å². The van der Waals surface area contributed by atoms with E-state index in [1.807, 2.05) is 25.3 Å². The van der Waals surface area contributed by atoms with Gasteiger partial charge in [0.2, 0.25) is 15.9 Å². The second kappa shape index (κ2) is 9.54. The van der Waals surface area contributed by atoms with Crippen molar-refractivity contribution in [2.75, 3.05) is 25.1 Å². The van der Waals surface area contributed by atoms with Gasteiger partial charge >= 0.3 is 0 Å². The number of amides is 1. The van der Waals surface area contributed by atoms with Gasteiger partial charge in [-0.3, -0.25) is 4.79 Å². The van der Waals surface area contributed by atoms with Crippen molar-refractivity contribution in [2.45, 2.75) is 32.1 Å². The minimum absolute atomic E-state index is 0.00277. The third kappa shape index (κ3) is 7.62. The fraction of sp³-hybridized carbons (Fsp3) is 0.643. The summed E-state index contributed by atoms with van der Waals surface area (Å²) >= 11 is 3.27. The maximum absolute atomic E-state index is 11.7. The summed E-state index contributed by atoms with van der Waals surface area (Å²) in [6.45, 7) is 4.62. The summed E-state index contributed by atoms with van der Waals surface area (Å²) in [5.74, 6) is 1.27. The predicted octanol–water partition coefficient (Wildman–Crippen LogP) is 2.16. The number of rotatable bonds is 10. The van der Waals surface area contributed by atoms with Crippen LogP contribution in [-0.4, -0.2) is 49.8 Å². The van der Waals surface area contributed by atoms with E-state index in [-0.39, 0.29) is 11.9 Å². The molecule has 8 heteroatoms. The van der Waals surface area contributed by atoms with E-state index in [1.165, 1.54) is 15.4 Å². The summed E-state index contributed by atoms with van der Waals surface area (Å²) in [6, 6.07) is 4.00. The third-order valence-electron chi connectivity index (χ3n) is 2.94. The molecule has 1 rings (SSSR count). The van der Waals surface area contributed by atoms with Gasteiger partial charge in [-0.1, -0.05) is 6.07 Å². The van der Waals surface area contributed by atoms with E-state index in [1.54, 1.807) is 23.1 Å². The van der Waals surface area contributed by atoms with Crippen LogP contribution in [0.15, 0.2) is 17.5 Å². The molecule has 1 aromatic rings. The highest BCUT2D eigenvalue weighted by Gasteiger charge is 2.19. The van der Waals surface area contributed by atoms with Gasteiger partial charge in [-0.2, -0.15) is 4.31 Å². The van der Waals surface area contributed by atoms with Crippen molar-refractivity contribution in [1.82, 2.24) is 9.62 Å². The van der Waals surface area contributed by atoms with Crippen molar-refractivity contribution in [3.8, 4) is 0 Å². The molecule has 0 spiro atoms. The number of carbonyl (C=O) groups excluding carboxylic acids is 1. The Labute approximate surface area is 141 Å². The van der Waals surface area contributed by atoms with E-state index in [4.69, 9.17) is 0 Å². The van der Waals surface area contributed by atoms with Gasteiger partial charge in [0.15, 0.2) is 0 Å². The largest absolute Gasteiger partial charge is 0.355 e. The fourth-order valence-electron chi connectivity index (χ4n) is 1.96. The van der Waals surface area contributed by atoms with E-state index >= 15 is 0 Å². The number of thiophene rings is 1. The molecule has 126 valence electrons. The summed E-state index contributed by atoms with van der Waals surface area (Å²) in [7, 11) is -3.19. The quantitative estimate of drug-likeness (QED) is 0.646. The van der Waals surface area contributed by atoms with Gasteiger partial charge in [0.25, 0.3) is 0 Å². The molecule has 0 aliphatic carbocycles. The molecule has 1 aromatic heterocycles. The first-order valence-electron chi connectivity index (χ1n) is 7.14. The molecular formula is C14H24N2O3S3. The van der Waals surface area contributed by atoms with Gasteiger partial charge in [-0.05, 0) is 31.7 Å². The van der Waals surface area contributed by atoms with Gasteiger partial charge < -0.3 is 5.32 Å². The first kappa shape index (κ1) is 19.5. The Bertz CT molecular complexity index is 542. The highest BCUT2D eigenvalue weighted by atomic mass is 32.2. The van der Waals surface area contributed by atoms with Crippen LogP contribution in [-0.2, 0) is 20.6 Å². The van der Waals surface area contributed by atoms with Crippen LogP contribution < -0.4 is 5.32 Å². The zero-order valence-corrected chi connectivity index (χ0v) is 15.7. The zero-order chi connectivity index (χ0) is 16.6. The lowest BCUT2D eigenvalue weighted by atomic mass is 10.3. The van der Waals surface area contributed by atoms with Crippen molar-refractivity contribution in [3.05, 3.63) is 22.4 Å².